The molecule has 9 heteroatoms. The summed E-state index contributed by atoms with van der Waals surface area (Å²) in [6, 6.07) is 12.5. The van der Waals surface area contributed by atoms with Crippen molar-refractivity contribution in [3.8, 4) is 5.75 Å². The molecule has 0 saturated heterocycles. The highest BCUT2D eigenvalue weighted by Gasteiger charge is 2.17. The number of nitrogens with one attached hydrogen (secondary N) is 2. The van der Waals surface area contributed by atoms with E-state index in [2.05, 4.69) is 39.6 Å². The number of unbranched alkanes of at least 4 members (excludes halogenated alkanes) is 1. The van der Waals surface area contributed by atoms with E-state index >= 15 is 0 Å². The number of amides is 1. The van der Waals surface area contributed by atoms with Crippen LogP contribution in [0.3, 0.4) is 0 Å². The molecule has 1 heterocycles. The maximum atomic E-state index is 12.4. The molecule has 3 aromatic rings. The summed E-state index contributed by atoms with van der Waals surface area (Å²) in [5.41, 5.74) is 12.2. The number of halogens is 1. The van der Waals surface area contributed by atoms with Gasteiger partial charge in [-0.15, -0.1) is 0 Å². The lowest BCUT2D eigenvalue weighted by molar-refractivity contribution is 0.0947. The number of rotatable bonds is 11. The summed E-state index contributed by atoms with van der Waals surface area (Å²) in [6.07, 6.45) is 4.69. The van der Waals surface area contributed by atoms with Gasteiger partial charge in [-0.05, 0) is 60.7 Å². The normalized spacial score (nSPS) is 10.8. The zero-order chi connectivity index (χ0) is 22.9. The highest BCUT2D eigenvalue weighted by molar-refractivity contribution is 6.29. The molecule has 6 N–H and O–H groups in total. The average molecular weight is 455 g/mol. The second kappa shape index (κ2) is 11.4. The number of aryl methyl sites for hydroxylation is 1. The Morgan fingerprint density at radius 2 is 1.88 bits per heavy atom. The van der Waals surface area contributed by atoms with Crippen LogP contribution in [0.2, 0.25) is 5.15 Å². The first-order chi connectivity index (χ1) is 15.5. The molecular weight excluding hydrogens is 428 g/mol. The fourth-order valence-corrected chi connectivity index (χ4v) is 3.39. The van der Waals surface area contributed by atoms with Crippen molar-refractivity contribution in [3.05, 3.63) is 64.7 Å². The largest absolute Gasteiger partial charge is 0.494 e. The molecule has 0 aliphatic carbocycles. The topological polar surface area (TPSA) is 140 Å². The molecule has 1 aromatic heterocycles. The molecule has 8 nitrogen and oxygen atoms in total. The van der Waals surface area contributed by atoms with Crippen LogP contribution in [0.5, 0.6) is 5.75 Å². The first-order valence-corrected chi connectivity index (χ1v) is 10.9. The molecule has 0 unspecified atom stereocenters. The smallest absolute Gasteiger partial charge is 0.272 e. The van der Waals surface area contributed by atoms with Crippen molar-refractivity contribution in [1.29, 1.82) is 5.41 Å². The molecule has 0 spiro atoms. The number of nitrogens with zero attached hydrogens (tertiary/aromatic N) is 2. The van der Waals surface area contributed by atoms with Gasteiger partial charge in [-0.25, -0.2) is 9.97 Å². The monoisotopic (exact) mass is 454 g/mol. The Labute approximate surface area is 191 Å². The number of ether oxygens (including phenoxy) is 1. The third kappa shape index (κ3) is 6.38. The lowest BCUT2D eigenvalue weighted by Crippen LogP contribution is -2.29. The van der Waals surface area contributed by atoms with Crippen LogP contribution in [0, 0.1) is 5.41 Å². The number of nitrogens with two attached hydrogens (primary N) is 2. The van der Waals surface area contributed by atoms with Crippen molar-refractivity contribution in [3.63, 3.8) is 0 Å². The molecule has 1 amide bonds. The van der Waals surface area contributed by atoms with E-state index in [1.54, 1.807) is 0 Å². The van der Waals surface area contributed by atoms with E-state index in [0.717, 1.165) is 36.8 Å². The minimum atomic E-state index is -0.444. The number of hydrogen-bond acceptors (Lipinski definition) is 6. The van der Waals surface area contributed by atoms with E-state index in [9.17, 15) is 4.79 Å². The van der Waals surface area contributed by atoms with Gasteiger partial charge >= 0.3 is 0 Å². The van der Waals surface area contributed by atoms with Crippen molar-refractivity contribution in [1.82, 2.24) is 15.3 Å². The molecule has 2 aromatic carbocycles. The van der Waals surface area contributed by atoms with Crippen LogP contribution < -0.4 is 21.5 Å². The Morgan fingerprint density at radius 3 is 2.66 bits per heavy atom. The predicted octanol–water partition coefficient (Wildman–Crippen LogP) is 3.05. The summed E-state index contributed by atoms with van der Waals surface area (Å²) in [4.78, 5) is 20.2. The van der Waals surface area contributed by atoms with Gasteiger partial charge < -0.3 is 21.5 Å². The Hall–Kier alpha value is -3.23. The molecule has 3 rings (SSSR count). The third-order valence-corrected chi connectivity index (χ3v) is 5.07. The van der Waals surface area contributed by atoms with E-state index in [1.807, 2.05) is 12.1 Å². The zero-order valence-electron chi connectivity index (χ0n) is 17.7. The van der Waals surface area contributed by atoms with Crippen LogP contribution in [0.15, 0.2) is 42.6 Å². The van der Waals surface area contributed by atoms with Gasteiger partial charge in [-0.2, -0.15) is 0 Å². The van der Waals surface area contributed by atoms with Gasteiger partial charge in [0.05, 0.1) is 12.8 Å². The van der Waals surface area contributed by atoms with Gasteiger partial charge in [0.1, 0.15) is 22.4 Å². The van der Waals surface area contributed by atoms with E-state index in [-0.39, 0.29) is 22.4 Å². The standard InChI is InChI=1S/C23H27ClN6O2/c24-19-14-29-20(22(26)27)21(30-19)23(31)28-10-2-1-4-15-5-6-17-13-18(32-11-3-9-25)8-7-16(17)12-15/h5-8,12-14H,1-4,9-11,25H2,(H3,26,27)(H,28,31). The maximum Gasteiger partial charge on any atom is 0.272 e. The number of nitrogen functional groups attached to an aromatic ring is 1. The number of fused-ring (bicyclic) bond motifs is 1. The quantitative estimate of drug-likeness (QED) is 0.199. The SMILES string of the molecule is N=C(N)c1ncc(Cl)nc1C(=O)NCCCCc1ccc2cc(OCCCN)ccc2c1. The van der Waals surface area contributed by atoms with Gasteiger partial charge in [0, 0.05) is 6.54 Å². The number of carbonyl (C=O) groups excluding carboxylic acids is 1. The molecule has 0 aliphatic rings. The summed E-state index contributed by atoms with van der Waals surface area (Å²) in [6.45, 7) is 1.72. The summed E-state index contributed by atoms with van der Waals surface area (Å²) in [5.74, 6) is 0.0806. The molecule has 0 fully saturated rings. The molecule has 168 valence electrons. The Morgan fingerprint density at radius 1 is 1.09 bits per heavy atom. The molecule has 0 aliphatic heterocycles. The fraction of sp³-hybridized carbons (Fsp3) is 0.304. The highest BCUT2D eigenvalue weighted by Crippen LogP contribution is 2.23. The number of carbonyl (C=O) groups is 1. The van der Waals surface area contributed by atoms with Crippen LogP contribution in [0.25, 0.3) is 10.8 Å². The average Bonchev–Trinajstić information content (AvgIpc) is 2.78. The van der Waals surface area contributed by atoms with E-state index in [0.29, 0.717) is 19.7 Å². The Kier molecular flexibility index (Phi) is 8.35. The van der Waals surface area contributed by atoms with Crippen molar-refractivity contribution >= 4 is 34.1 Å². The molecule has 32 heavy (non-hydrogen) atoms. The summed E-state index contributed by atoms with van der Waals surface area (Å²) < 4.78 is 5.71. The van der Waals surface area contributed by atoms with Gasteiger partial charge in [0.15, 0.2) is 5.69 Å². The molecule has 0 saturated carbocycles. The second-order valence-electron chi connectivity index (χ2n) is 7.35. The minimum absolute atomic E-state index is 0.0241. The maximum absolute atomic E-state index is 12.4. The van der Waals surface area contributed by atoms with Crippen molar-refractivity contribution in [2.45, 2.75) is 25.7 Å². The molecule has 0 radical (unpaired) electrons. The van der Waals surface area contributed by atoms with Crippen molar-refractivity contribution in [2.24, 2.45) is 11.5 Å². The zero-order valence-corrected chi connectivity index (χ0v) is 18.5. The molecule has 0 bridgehead atoms. The van der Waals surface area contributed by atoms with E-state index in [4.69, 9.17) is 33.2 Å². The van der Waals surface area contributed by atoms with Crippen LogP contribution in [0.4, 0.5) is 0 Å². The highest BCUT2D eigenvalue weighted by atomic mass is 35.5. The van der Waals surface area contributed by atoms with E-state index in [1.165, 1.54) is 17.1 Å². The fourth-order valence-electron chi connectivity index (χ4n) is 3.25. The van der Waals surface area contributed by atoms with Gasteiger partial charge in [0.25, 0.3) is 5.91 Å². The van der Waals surface area contributed by atoms with E-state index < -0.39 is 5.91 Å². The first kappa shape index (κ1) is 23.4. The van der Waals surface area contributed by atoms with Crippen molar-refractivity contribution in [2.75, 3.05) is 19.7 Å². The summed E-state index contributed by atoms with van der Waals surface area (Å²) >= 11 is 5.82. The van der Waals surface area contributed by atoms with Crippen LogP contribution in [-0.2, 0) is 6.42 Å². The molecular formula is C23H27ClN6O2. The van der Waals surface area contributed by atoms with Crippen LogP contribution in [0.1, 0.15) is 41.0 Å². The Balaban J connectivity index is 1.48. The van der Waals surface area contributed by atoms with Crippen LogP contribution in [-0.4, -0.2) is 41.4 Å². The van der Waals surface area contributed by atoms with Crippen molar-refractivity contribution < 1.29 is 9.53 Å². The molecule has 0 atom stereocenters. The predicted molar refractivity (Wildman–Crippen MR) is 126 cm³/mol. The minimum Gasteiger partial charge on any atom is -0.494 e. The lowest BCUT2D eigenvalue weighted by Gasteiger charge is -2.09. The number of hydrogen-bond donors (Lipinski definition) is 4. The van der Waals surface area contributed by atoms with Crippen LogP contribution >= 0.6 is 11.6 Å². The summed E-state index contributed by atoms with van der Waals surface area (Å²) in [5, 5.41) is 12.7. The lowest BCUT2D eigenvalue weighted by atomic mass is 10.0. The first-order valence-electron chi connectivity index (χ1n) is 10.5. The Bertz CT molecular complexity index is 1110. The number of aromatic nitrogens is 2. The number of benzene rings is 2. The van der Waals surface area contributed by atoms with Gasteiger partial charge in [-0.1, -0.05) is 35.9 Å². The summed E-state index contributed by atoms with van der Waals surface area (Å²) in [7, 11) is 0. The second-order valence-corrected chi connectivity index (χ2v) is 7.74. The van der Waals surface area contributed by atoms with Gasteiger partial charge in [-0.3, -0.25) is 10.2 Å². The third-order valence-electron chi connectivity index (χ3n) is 4.88. The number of amidine groups is 1. The van der Waals surface area contributed by atoms with Gasteiger partial charge in [0.2, 0.25) is 0 Å².